The van der Waals surface area contributed by atoms with Crippen molar-refractivity contribution in [2.45, 2.75) is 45.6 Å². The lowest BCUT2D eigenvalue weighted by molar-refractivity contribution is 0.158. The fourth-order valence-electron chi connectivity index (χ4n) is 2.35. The second-order valence-electron chi connectivity index (χ2n) is 4.68. The highest BCUT2D eigenvalue weighted by molar-refractivity contribution is 5.93. The molecular formula is C14H24N2O. The van der Waals surface area contributed by atoms with Gasteiger partial charge in [-0.05, 0) is 32.8 Å². The van der Waals surface area contributed by atoms with Crippen molar-refractivity contribution in [3.05, 3.63) is 24.6 Å². The van der Waals surface area contributed by atoms with Crippen LogP contribution in [0.3, 0.4) is 0 Å². The molecule has 2 N–H and O–H groups in total. The highest BCUT2D eigenvalue weighted by Crippen LogP contribution is 2.24. The Morgan fingerprint density at radius 2 is 2.18 bits per heavy atom. The van der Waals surface area contributed by atoms with Gasteiger partial charge in [-0.25, -0.2) is 4.99 Å². The molecule has 1 unspecified atom stereocenters. The molecule has 0 aromatic carbocycles. The molecule has 0 aliphatic heterocycles. The van der Waals surface area contributed by atoms with E-state index in [-0.39, 0.29) is 6.61 Å². The number of aliphatic hydroxyl groups is 1. The van der Waals surface area contributed by atoms with E-state index in [4.69, 9.17) is 0 Å². The number of allylic oxidation sites excluding steroid dienone is 2. The molecule has 0 aromatic rings. The van der Waals surface area contributed by atoms with Gasteiger partial charge >= 0.3 is 0 Å². The van der Waals surface area contributed by atoms with E-state index < -0.39 is 0 Å². The first-order valence-electron chi connectivity index (χ1n) is 6.41. The predicted octanol–water partition coefficient (Wildman–Crippen LogP) is 2.64. The van der Waals surface area contributed by atoms with Crippen LogP contribution in [0.4, 0.5) is 0 Å². The summed E-state index contributed by atoms with van der Waals surface area (Å²) in [6.07, 6.45) is 8.55. The van der Waals surface area contributed by atoms with Gasteiger partial charge in [-0.15, -0.1) is 0 Å². The molecule has 1 fully saturated rings. The highest BCUT2D eigenvalue weighted by Gasteiger charge is 2.24. The maximum absolute atomic E-state index is 9.32. The number of rotatable bonds is 5. The number of aliphatic hydroxyl groups excluding tert-OH is 1. The molecule has 0 amide bonds. The minimum Gasteiger partial charge on any atom is -0.396 e. The molecule has 1 saturated carbocycles. The van der Waals surface area contributed by atoms with Crippen molar-refractivity contribution in [1.29, 1.82) is 0 Å². The minimum atomic E-state index is 0.252. The third kappa shape index (κ3) is 4.73. The van der Waals surface area contributed by atoms with Crippen LogP contribution in [-0.2, 0) is 0 Å². The molecule has 0 saturated heterocycles. The molecule has 96 valence electrons. The molecule has 0 heterocycles. The monoisotopic (exact) mass is 236 g/mol. The van der Waals surface area contributed by atoms with E-state index in [1.54, 1.807) is 0 Å². The lowest BCUT2D eigenvalue weighted by atomic mass is 9.85. The maximum atomic E-state index is 9.32. The Kier molecular flexibility index (Phi) is 5.98. The number of nitrogens with zero attached hydrogens (tertiary/aromatic N) is 1. The number of hydrogen-bond donors (Lipinski definition) is 2. The first kappa shape index (κ1) is 14.0. The van der Waals surface area contributed by atoms with Gasteiger partial charge in [-0.2, -0.15) is 0 Å². The van der Waals surface area contributed by atoms with Gasteiger partial charge in [0.25, 0.3) is 0 Å². The standard InChI is InChI=1S/C14H24N2O/c1-4-7-11(2)15-12(3)16-14-9-6-5-8-13(14)10-17/h4,7,13-14,16-17H,3,5-6,8-10H2,1-2H3/b7-4-,15-11-/t13-,14?/m1/s1. The molecule has 0 spiro atoms. The van der Waals surface area contributed by atoms with E-state index >= 15 is 0 Å². The molecular weight excluding hydrogens is 212 g/mol. The first-order valence-corrected chi connectivity index (χ1v) is 6.41. The van der Waals surface area contributed by atoms with Crippen LogP contribution in [0.15, 0.2) is 29.5 Å². The van der Waals surface area contributed by atoms with Crippen molar-refractivity contribution >= 4 is 5.71 Å². The molecule has 2 atom stereocenters. The van der Waals surface area contributed by atoms with Crippen LogP contribution in [0.2, 0.25) is 0 Å². The molecule has 0 aromatic heterocycles. The molecule has 17 heavy (non-hydrogen) atoms. The molecule has 0 bridgehead atoms. The molecule has 3 nitrogen and oxygen atoms in total. The van der Waals surface area contributed by atoms with Crippen molar-refractivity contribution in [2.24, 2.45) is 10.9 Å². The van der Waals surface area contributed by atoms with Gasteiger partial charge in [-0.3, -0.25) is 0 Å². The van der Waals surface area contributed by atoms with Crippen molar-refractivity contribution in [3.8, 4) is 0 Å². The normalized spacial score (nSPS) is 26.2. The number of nitrogens with one attached hydrogen (secondary N) is 1. The smallest absolute Gasteiger partial charge is 0.119 e. The number of hydrogen-bond acceptors (Lipinski definition) is 3. The van der Waals surface area contributed by atoms with Gasteiger partial charge in [-0.1, -0.05) is 25.5 Å². The second-order valence-corrected chi connectivity index (χ2v) is 4.68. The zero-order valence-electron chi connectivity index (χ0n) is 10.9. The number of aliphatic imine (C=N–C) groups is 1. The summed E-state index contributed by atoms with van der Waals surface area (Å²) in [4.78, 5) is 4.37. The maximum Gasteiger partial charge on any atom is 0.119 e. The average molecular weight is 236 g/mol. The summed E-state index contributed by atoms with van der Waals surface area (Å²) >= 11 is 0. The largest absolute Gasteiger partial charge is 0.396 e. The van der Waals surface area contributed by atoms with Gasteiger partial charge in [0.05, 0.1) is 0 Å². The van der Waals surface area contributed by atoms with Gasteiger partial charge in [0.2, 0.25) is 0 Å². The highest BCUT2D eigenvalue weighted by atomic mass is 16.3. The molecule has 1 rings (SSSR count). The van der Waals surface area contributed by atoms with Gasteiger partial charge < -0.3 is 10.4 Å². The second kappa shape index (κ2) is 7.28. The summed E-state index contributed by atoms with van der Waals surface area (Å²) in [5.41, 5.74) is 0.946. The fourth-order valence-corrected chi connectivity index (χ4v) is 2.35. The Balaban J connectivity index is 2.52. The molecule has 3 heteroatoms. The van der Waals surface area contributed by atoms with Crippen LogP contribution in [0.5, 0.6) is 0 Å². The first-order chi connectivity index (χ1) is 8.17. The van der Waals surface area contributed by atoms with Crippen LogP contribution in [0.25, 0.3) is 0 Å². The van der Waals surface area contributed by atoms with E-state index in [0.29, 0.717) is 17.8 Å². The summed E-state index contributed by atoms with van der Waals surface area (Å²) in [7, 11) is 0. The SMILES string of the molecule is C=C(/N=C(C)\C=C/C)NC1CCCC[C@@H]1CO. The summed E-state index contributed by atoms with van der Waals surface area (Å²) in [5, 5.41) is 12.7. The van der Waals surface area contributed by atoms with Crippen molar-refractivity contribution < 1.29 is 5.11 Å². The van der Waals surface area contributed by atoms with E-state index in [9.17, 15) is 5.11 Å². The molecule has 0 radical (unpaired) electrons. The quantitative estimate of drug-likeness (QED) is 0.721. The Morgan fingerprint density at radius 3 is 2.82 bits per heavy atom. The van der Waals surface area contributed by atoms with Crippen LogP contribution in [0, 0.1) is 5.92 Å². The average Bonchev–Trinajstić information content (AvgIpc) is 2.29. The Labute approximate surface area is 104 Å². The lowest BCUT2D eigenvalue weighted by Gasteiger charge is -2.31. The molecule has 1 aliphatic carbocycles. The van der Waals surface area contributed by atoms with Gasteiger partial charge in [0, 0.05) is 24.3 Å². The Bertz CT molecular complexity index is 307. The summed E-state index contributed by atoms with van der Waals surface area (Å²) in [5.74, 6) is 1.05. The van der Waals surface area contributed by atoms with E-state index in [0.717, 1.165) is 18.6 Å². The van der Waals surface area contributed by atoms with Crippen molar-refractivity contribution in [3.63, 3.8) is 0 Å². The lowest BCUT2D eigenvalue weighted by Crippen LogP contribution is -2.39. The predicted molar refractivity (Wildman–Crippen MR) is 73.0 cm³/mol. The Morgan fingerprint density at radius 1 is 1.47 bits per heavy atom. The zero-order valence-corrected chi connectivity index (χ0v) is 10.9. The zero-order chi connectivity index (χ0) is 12.7. The summed E-state index contributed by atoms with van der Waals surface area (Å²) in [6.45, 7) is 8.10. The minimum absolute atomic E-state index is 0.252. The topological polar surface area (TPSA) is 44.6 Å². The summed E-state index contributed by atoms with van der Waals surface area (Å²) < 4.78 is 0. The van der Waals surface area contributed by atoms with Crippen LogP contribution >= 0.6 is 0 Å². The van der Waals surface area contributed by atoms with Crippen LogP contribution in [0.1, 0.15) is 39.5 Å². The Hall–Kier alpha value is -1.09. The fraction of sp³-hybridized carbons (Fsp3) is 0.643. The van der Waals surface area contributed by atoms with E-state index in [1.165, 1.54) is 12.8 Å². The molecule has 1 aliphatic rings. The third-order valence-corrected chi connectivity index (χ3v) is 3.21. The van der Waals surface area contributed by atoms with E-state index in [2.05, 4.69) is 16.9 Å². The summed E-state index contributed by atoms with van der Waals surface area (Å²) in [6, 6.07) is 0.323. The van der Waals surface area contributed by atoms with Crippen molar-refractivity contribution in [2.75, 3.05) is 6.61 Å². The van der Waals surface area contributed by atoms with Crippen LogP contribution < -0.4 is 5.32 Å². The third-order valence-electron chi connectivity index (χ3n) is 3.21. The van der Waals surface area contributed by atoms with Crippen LogP contribution in [-0.4, -0.2) is 23.5 Å². The van der Waals surface area contributed by atoms with Crippen molar-refractivity contribution in [1.82, 2.24) is 5.32 Å². The van der Waals surface area contributed by atoms with Gasteiger partial charge in [0.1, 0.15) is 5.82 Å². The van der Waals surface area contributed by atoms with Gasteiger partial charge in [0.15, 0.2) is 0 Å². The van der Waals surface area contributed by atoms with E-state index in [1.807, 2.05) is 26.0 Å².